The van der Waals surface area contributed by atoms with E-state index < -0.39 is 5.97 Å². The normalized spacial score (nSPS) is 19.4. The fourth-order valence-corrected chi connectivity index (χ4v) is 2.19. The summed E-state index contributed by atoms with van der Waals surface area (Å²) in [6.45, 7) is 4.80. The quantitative estimate of drug-likeness (QED) is 0.721. The second-order valence-electron chi connectivity index (χ2n) is 5.14. The lowest BCUT2D eigenvalue weighted by atomic mass is 10.2. The Morgan fingerprint density at radius 3 is 2.90 bits per heavy atom. The van der Waals surface area contributed by atoms with Crippen LogP contribution in [0, 0.1) is 0 Å². The molecule has 6 nitrogen and oxygen atoms in total. The molecule has 0 aromatic heterocycles. The highest BCUT2D eigenvalue weighted by atomic mass is 16.5. The average Bonchev–Trinajstić information content (AvgIpc) is 2.47. The highest BCUT2D eigenvalue weighted by Crippen LogP contribution is 2.11. The van der Waals surface area contributed by atoms with Crippen molar-refractivity contribution in [1.29, 1.82) is 0 Å². The monoisotopic (exact) mass is 294 g/mol. The van der Waals surface area contributed by atoms with Crippen molar-refractivity contribution in [3.8, 4) is 5.75 Å². The summed E-state index contributed by atoms with van der Waals surface area (Å²) >= 11 is 0. The van der Waals surface area contributed by atoms with E-state index in [2.05, 4.69) is 17.3 Å². The standard InChI is InChI=1S/C15H22N2O4/c1-17-7-9-21-14(11-17)10-16-6-8-20-13-4-2-12(3-5-13)15(18)19/h2-5,14,16H,6-11H2,1H3,(H,18,19). The predicted octanol–water partition coefficient (Wildman–Crippen LogP) is 0.684. The van der Waals surface area contributed by atoms with Gasteiger partial charge in [0.2, 0.25) is 0 Å². The van der Waals surface area contributed by atoms with Crippen LogP contribution >= 0.6 is 0 Å². The van der Waals surface area contributed by atoms with Gasteiger partial charge in [0.1, 0.15) is 12.4 Å². The number of likely N-dealkylation sites (N-methyl/N-ethyl adjacent to an activating group) is 1. The van der Waals surface area contributed by atoms with Gasteiger partial charge in [0.25, 0.3) is 0 Å². The third kappa shape index (κ3) is 5.34. The molecule has 2 rings (SSSR count). The molecule has 1 aliphatic rings. The number of hydrogen-bond acceptors (Lipinski definition) is 5. The summed E-state index contributed by atoms with van der Waals surface area (Å²) in [6, 6.07) is 6.42. The highest BCUT2D eigenvalue weighted by molar-refractivity contribution is 5.87. The van der Waals surface area contributed by atoms with Gasteiger partial charge in [0.15, 0.2) is 0 Å². The zero-order chi connectivity index (χ0) is 15.1. The summed E-state index contributed by atoms with van der Waals surface area (Å²) in [6.07, 6.45) is 0.235. The smallest absolute Gasteiger partial charge is 0.335 e. The molecule has 1 aromatic rings. The van der Waals surface area contributed by atoms with Crippen LogP contribution in [0.25, 0.3) is 0 Å². The van der Waals surface area contributed by atoms with E-state index in [1.54, 1.807) is 12.1 Å². The van der Waals surface area contributed by atoms with Crippen molar-refractivity contribution in [3.05, 3.63) is 29.8 Å². The van der Waals surface area contributed by atoms with Gasteiger partial charge in [-0.25, -0.2) is 4.79 Å². The molecule has 0 radical (unpaired) electrons. The first-order valence-corrected chi connectivity index (χ1v) is 7.12. The van der Waals surface area contributed by atoms with Crippen molar-refractivity contribution in [1.82, 2.24) is 10.2 Å². The molecule has 0 spiro atoms. The Labute approximate surface area is 124 Å². The van der Waals surface area contributed by atoms with Crippen LogP contribution in [-0.2, 0) is 4.74 Å². The molecule has 1 saturated heterocycles. The summed E-state index contributed by atoms with van der Waals surface area (Å²) in [5.41, 5.74) is 0.263. The predicted molar refractivity (Wildman–Crippen MR) is 79.0 cm³/mol. The van der Waals surface area contributed by atoms with E-state index in [1.165, 1.54) is 12.1 Å². The Bertz CT molecular complexity index is 449. The molecule has 21 heavy (non-hydrogen) atoms. The maximum atomic E-state index is 10.7. The van der Waals surface area contributed by atoms with Crippen LogP contribution in [0.3, 0.4) is 0 Å². The molecule has 1 unspecified atom stereocenters. The van der Waals surface area contributed by atoms with Gasteiger partial charge in [0.05, 0.1) is 18.3 Å². The molecule has 0 aliphatic carbocycles. The Balaban J connectivity index is 1.60. The number of rotatable bonds is 7. The summed E-state index contributed by atoms with van der Waals surface area (Å²) in [5, 5.41) is 12.1. The van der Waals surface area contributed by atoms with Gasteiger partial charge in [-0.3, -0.25) is 0 Å². The molecular formula is C15H22N2O4. The number of nitrogens with zero attached hydrogens (tertiary/aromatic N) is 1. The SMILES string of the molecule is CN1CCOC(CNCCOc2ccc(C(=O)O)cc2)C1. The van der Waals surface area contributed by atoms with E-state index in [9.17, 15) is 4.79 Å². The maximum Gasteiger partial charge on any atom is 0.335 e. The second kappa shape index (κ2) is 7.97. The van der Waals surface area contributed by atoms with E-state index in [-0.39, 0.29) is 11.7 Å². The molecule has 116 valence electrons. The number of hydrogen-bond donors (Lipinski definition) is 2. The second-order valence-corrected chi connectivity index (χ2v) is 5.14. The van der Waals surface area contributed by atoms with Gasteiger partial charge in [-0.15, -0.1) is 0 Å². The van der Waals surface area contributed by atoms with Crippen molar-refractivity contribution in [3.63, 3.8) is 0 Å². The van der Waals surface area contributed by atoms with E-state index in [1.807, 2.05) is 0 Å². The van der Waals surface area contributed by atoms with Crippen LogP contribution in [0.2, 0.25) is 0 Å². The Kier molecular flexibility index (Phi) is 5.98. The molecule has 1 heterocycles. The third-order valence-corrected chi connectivity index (χ3v) is 3.36. The Hall–Kier alpha value is -1.63. The van der Waals surface area contributed by atoms with E-state index in [0.717, 1.165) is 32.8 Å². The number of carboxylic acids is 1. The van der Waals surface area contributed by atoms with Crippen LogP contribution < -0.4 is 10.1 Å². The lowest BCUT2D eigenvalue weighted by Crippen LogP contribution is -2.45. The molecule has 6 heteroatoms. The lowest BCUT2D eigenvalue weighted by molar-refractivity contribution is -0.0182. The van der Waals surface area contributed by atoms with Crippen molar-refractivity contribution in [2.75, 3.05) is 46.4 Å². The third-order valence-electron chi connectivity index (χ3n) is 3.36. The summed E-state index contributed by atoms with van der Waals surface area (Å²) in [7, 11) is 2.10. The summed E-state index contributed by atoms with van der Waals surface area (Å²) in [4.78, 5) is 13.0. The number of carboxylic acid groups (broad SMARTS) is 1. The molecule has 1 aromatic carbocycles. The van der Waals surface area contributed by atoms with Gasteiger partial charge >= 0.3 is 5.97 Å². The number of benzene rings is 1. The van der Waals surface area contributed by atoms with E-state index in [0.29, 0.717) is 12.4 Å². The molecule has 1 fully saturated rings. The fourth-order valence-electron chi connectivity index (χ4n) is 2.19. The van der Waals surface area contributed by atoms with Crippen molar-refractivity contribution < 1.29 is 19.4 Å². The molecule has 1 aliphatic heterocycles. The molecule has 0 saturated carbocycles. The first-order chi connectivity index (χ1) is 10.1. The average molecular weight is 294 g/mol. The number of ether oxygens (including phenoxy) is 2. The van der Waals surface area contributed by atoms with Gasteiger partial charge in [0, 0.05) is 26.2 Å². The molecular weight excluding hydrogens is 272 g/mol. The fraction of sp³-hybridized carbons (Fsp3) is 0.533. The lowest BCUT2D eigenvalue weighted by Gasteiger charge is -2.30. The first-order valence-electron chi connectivity index (χ1n) is 7.12. The largest absolute Gasteiger partial charge is 0.492 e. The van der Waals surface area contributed by atoms with Gasteiger partial charge in [-0.2, -0.15) is 0 Å². The Morgan fingerprint density at radius 2 is 2.24 bits per heavy atom. The van der Waals surface area contributed by atoms with Crippen molar-refractivity contribution >= 4 is 5.97 Å². The van der Waals surface area contributed by atoms with Gasteiger partial charge < -0.3 is 24.8 Å². The number of nitrogens with one attached hydrogen (secondary N) is 1. The van der Waals surface area contributed by atoms with Crippen LogP contribution in [0.15, 0.2) is 24.3 Å². The number of aromatic carboxylic acids is 1. The molecule has 1 atom stereocenters. The minimum Gasteiger partial charge on any atom is -0.492 e. The van der Waals surface area contributed by atoms with Crippen LogP contribution in [0.4, 0.5) is 0 Å². The van der Waals surface area contributed by atoms with Crippen LogP contribution in [-0.4, -0.2) is 68.5 Å². The highest BCUT2D eigenvalue weighted by Gasteiger charge is 2.16. The Morgan fingerprint density at radius 1 is 1.48 bits per heavy atom. The first kappa shape index (κ1) is 15.8. The van der Waals surface area contributed by atoms with Gasteiger partial charge in [-0.05, 0) is 31.3 Å². The zero-order valence-corrected chi connectivity index (χ0v) is 12.2. The minimum atomic E-state index is -0.930. The van der Waals surface area contributed by atoms with Gasteiger partial charge in [-0.1, -0.05) is 0 Å². The molecule has 0 amide bonds. The van der Waals surface area contributed by atoms with E-state index >= 15 is 0 Å². The maximum absolute atomic E-state index is 10.7. The number of carbonyl (C=O) groups is 1. The van der Waals surface area contributed by atoms with E-state index in [4.69, 9.17) is 14.6 Å². The van der Waals surface area contributed by atoms with Crippen LogP contribution in [0.5, 0.6) is 5.75 Å². The number of morpholine rings is 1. The molecule has 2 N–H and O–H groups in total. The minimum absolute atomic E-state index is 0.235. The topological polar surface area (TPSA) is 71.0 Å². The summed E-state index contributed by atoms with van der Waals surface area (Å²) in [5.74, 6) is -0.254. The molecule has 0 bridgehead atoms. The van der Waals surface area contributed by atoms with Crippen molar-refractivity contribution in [2.45, 2.75) is 6.10 Å². The zero-order valence-electron chi connectivity index (χ0n) is 12.2. The van der Waals surface area contributed by atoms with Crippen molar-refractivity contribution in [2.24, 2.45) is 0 Å². The summed E-state index contributed by atoms with van der Waals surface area (Å²) < 4.78 is 11.2. The van der Waals surface area contributed by atoms with Crippen LogP contribution in [0.1, 0.15) is 10.4 Å².